The van der Waals surface area contributed by atoms with Gasteiger partial charge in [-0.2, -0.15) is 0 Å². The highest BCUT2D eigenvalue weighted by atomic mass is 35.5. The minimum Gasteiger partial charge on any atom is -0.480 e. The summed E-state index contributed by atoms with van der Waals surface area (Å²) in [6.45, 7) is 1.79. The highest BCUT2D eigenvalue weighted by molar-refractivity contribution is 6.30. The SMILES string of the molecule is CN(CC(=O)O)CC1CN(C(=O)C(c2cccc(Cl)c2)N(C)C)CCO1. The van der Waals surface area contributed by atoms with Crippen LogP contribution in [0.3, 0.4) is 0 Å². The number of aliphatic carboxylic acids is 1. The van der Waals surface area contributed by atoms with Gasteiger partial charge in [0, 0.05) is 24.7 Å². The van der Waals surface area contributed by atoms with E-state index in [1.165, 1.54) is 0 Å². The van der Waals surface area contributed by atoms with Crippen LogP contribution in [0.5, 0.6) is 0 Å². The number of hydrogen-bond donors (Lipinski definition) is 1. The highest BCUT2D eigenvalue weighted by Gasteiger charge is 2.32. The molecule has 0 spiro atoms. The molecule has 0 saturated carbocycles. The van der Waals surface area contributed by atoms with Crippen molar-refractivity contribution < 1.29 is 19.4 Å². The molecule has 0 radical (unpaired) electrons. The number of morpholine rings is 1. The van der Waals surface area contributed by atoms with Crippen LogP contribution in [0.15, 0.2) is 24.3 Å². The number of carbonyl (C=O) groups is 2. The predicted molar refractivity (Wildman–Crippen MR) is 99.3 cm³/mol. The van der Waals surface area contributed by atoms with Gasteiger partial charge in [-0.15, -0.1) is 0 Å². The van der Waals surface area contributed by atoms with E-state index < -0.39 is 12.0 Å². The predicted octanol–water partition coefficient (Wildman–Crippen LogP) is 1.19. The number of carboxylic acid groups (broad SMARTS) is 1. The Bertz CT molecular complexity index is 641. The van der Waals surface area contributed by atoms with Crippen molar-refractivity contribution in [2.45, 2.75) is 12.1 Å². The van der Waals surface area contributed by atoms with E-state index in [1.807, 2.05) is 37.2 Å². The third kappa shape index (κ3) is 5.67. The maximum atomic E-state index is 13.1. The number of halogens is 1. The minimum atomic E-state index is -0.884. The second kappa shape index (κ2) is 9.32. The molecule has 144 valence electrons. The fourth-order valence-electron chi connectivity index (χ4n) is 3.18. The van der Waals surface area contributed by atoms with Crippen LogP contribution >= 0.6 is 11.6 Å². The normalized spacial score (nSPS) is 19.0. The number of likely N-dealkylation sites (N-methyl/N-ethyl adjacent to an activating group) is 2. The van der Waals surface area contributed by atoms with Gasteiger partial charge in [-0.1, -0.05) is 23.7 Å². The molecule has 8 heteroatoms. The summed E-state index contributed by atoms with van der Waals surface area (Å²) in [6.07, 6.45) is -0.209. The van der Waals surface area contributed by atoms with Gasteiger partial charge in [0.25, 0.3) is 0 Å². The summed E-state index contributed by atoms with van der Waals surface area (Å²) >= 11 is 6.09. The Labute approximate surface area is 159 Å². The summed E-state index contributed by atoms with van der Waals surface area (Å²) in [6, 6.07) is 6.90. The van der Waals surface area contributed by atoms with Crippen LogP contribution in [0.2, 0.25) is 5.02 Å². The van der Waals surface area contributed by atoms with Gasteiger partial charge in [0.05, 0.1) is 19.3 Å². The smallest absolute Gasteiger partial charge is 0.317 e. The first-order valence-corrected chi connectivity index (χ1v) is 8.88. The van der Waals surface area contributed by atoms with E-state index in [-0.39, 0.29) is 18.6 Å². The molecule has 1 N–H and O–H groups in total. The lowest BCUT2D eigenvalue weighted by Crippen LogP contribution is -2.52. The first kappa shape index (κ1) is 20.6. The quantitative estimate of drug-likeness (QED) is 0.762. The van der Waals surface area contributed by atoms with Crippen LogP contribution in [0, 0.1) is 0 Å². The highest BCUT2D eigenvalue weighted by Crippen LogP contribution is 2.24. The molecular weight excluding hydrogens is 358 g/mol. The molecular formula is C18H26ClN3O4. The summed E-state index contributed by atoms with van der Waals surface area (Å²) in [5, 5.41) is 9.47. The van der Waals surface area contributed by atoms with E-state index in [4.69, 9.17) is 21.4 Å². The zero-order valence-electron chi connectivity index (χ0n) is 15.4. The summed E-state index contributed by atoms with van der Waals surface area (Å²) in [7, 11) is 5.46. The largest absolute Gasteiger partial charge is 0.480 e. The Balaban J connectivity index is 2.07. The third-order valence-electron chi connectivity index (χ3n) is 4.29. The summed E-state index contributed by atoms with van der Waals surface area (Å²) in [4.78, 5) is 29.3. The Morgan fingerprint density at radius 1 is 1.38 bits per heavy atom. The number of hydrogen-bond acceptors (Lipinski definition) is 5. The summed E-state index contributed by atoms with van der Waals surface area (Å²) < 4.78 is 5.71. The minimum absolute atomic E-state index is 0.00791. The molecule has 1 aromatic rings. The molecule has 7 nitrogen and oxygen atoms in total. The lowest BCUT2D eigenvalue weighted by atomic mass is 10.0. The fraction of sp³-hybridized carbons (Fsp3) is 0.556. The van der Waals surface area contributed by atoms with Gasteiger partial charge in [-0.05, 0) is 38.8 Å². The number of benzene rings is 1. The number of carboxylic acids is 1. The summed E-state index contributed by atoms with van der Waals surface area (Å²) in [5.41, 5.74) is 0.846. The van der Waals surface area contributed by atoms with Gasteiger partial charge in [-0.25, -0.2) is 0 Å². The molecule has 1 aliphatic heterocycles. The fourth-order valence-corrected chi connectivity index (χ4v) is 3.38. The second-order valence-corrected chi connectivity index (χ2v) is 7.23. The van der Waals surface area contributed by atoms with Gasteiger partial charge in [0.15, 0.2) is 0 Å². The molecule has 1 saturated heterocycles. The average Bonchev–Trinajstić information content (AvgIpc) is 2.54. The third-order valence-corrected chi connectivity index (χ3v) is 4.52. The van der Waals surface area contributed by atoms with Gasteiger partial charge in [0.2, 0.25) is 5.91 Å². The number of carbonyl (C=O) groups excluding carboxylic acids is 1. The van der Waals surface area contributed by atoms with Crippen LogP contribution in [0.1, 0.15) is 11.6 Å². The van der Waals surface area contributed by atoms with Crippen LogP contribution < -0.4 is 0 Å². The molecule has 2 atom stereocenters. The Morgan fingerprint density at radius 2 is 2.12 bits per heavy atom. The first-order chi connectivity index (χ1) is 12.3. The zero-order valence-corrected chi connectivity index (χ0v) is 16.1. The molecule has 1 aromatic carbocycles. The zero-order chi connectivity index (χ0) is 19.3. The molecule has 0 aliphatic carbocycles. The van der Waals surface area contributed by atoms with Crippen molar-refractivity contribution in [2.24, 2.45) is 0 Å². The van der Waals surface area contributed by atoms with Crippen molar-refractivity contribution in [1.29, 1.82) is 0 Å². The van der Waals surface area contributed by atoms with E-state index in [0.717, 1.165) is 5.56 Å². The maximum Gasteiger partial charge on any atom is 0.317 e. The molecule has 1 amide bonds. The van der Waals surface area contributed by atoms with E-state index in [0.29, 0.717) is 31.3 Å². The van der Waals surface area contributed by atoms with Crippen molar-refractivity contribution in [3.8, 4) is 0 Å². The van der Waals surface area contributed by atoms with Gasteiger partial charge in [-0.3, -0.25) is 19.4 Å². The second-order valence-electron chi connectivity index (χ2n) is 6.79. The molecule has 1 aliphatic rings. The van der Waals surface area contributed by atoms with E-state index in [2.05, 4.69) is 0 Å². The molecule has 0 aromatic heterocycles. The molecule has 0 bridgehead atoms. The average molecular weight is 384 g/mol. The van der Waals surface area contributed by atoms with Crippen LogP contribution in [-0.2, 0) is 14.3 Å². The van der Waals surface area contributed by atoms with E-state index >= 15 is 0 Å². The Kier molecular flexibility index (Phi) is 7.40. The Hall–Kier alpha value is -1.67. The van der Waals surface area contributed by atoms with E-state index in [1.54, 1.807) is 22.9 Å². The van der Waals surface area contributed by atoms with Crippen LogP contribution in [0.4, 0.5) is 0 Å². The van der Waals surface area contributed by atoms with Gasteiger partial charge in [0.1, 0.15) is 6.04 Å². The lowest BCUT2D eigenvalue weighted by Gasteiger charge is -2.37. The van der Waals surface area contributed by atoms with Gasteiger partial charge < -0.3 is 14.7 Å². The number of nitrogens with zero attached hydrogens (tertiary/aromatic N) is 3. The van der Waals surface area contributed by atoms with Crippen LogP contribution in [0.25, 0.3) is 0 Å². The lowest BCUT2D eigenvalue weighted by molar-refractivity contribution is -0.146. The number of ether oxygens (including phenoxy) is 1. The van der Waals surface area contributed by atoms with E-state index in [9.17, 15) is 9.59 Å². The van der Waals surface area contributed by atoms with Gasteiger partial charge >= 0.3 is 5.97 Å². The maximum absolute atomic E-state index is 13.1. The van der Waals surface area contributed by atoms with Crippen molar-refractivity contribution in [2.75, 3.05) is 53.9 Å². The number of rotatable bonds is 7. The number of amides is 1. The van der Waals surface area contributed by atoms with Crippen molar-refractivity contribution in [1.82, 2.24) is 14.7 Å². The van der Waals surface area contributed by atoms with Crippen molar-refractivity contribution in [3.63, 3.8) is 0 Å². The molecule has 2 unspecified atom stereocenters. The van der Waals surface area contributed by atoms with Crippen LogP contribution in [-0.4, -0.2) is 91.7 Å². The van der Waals surface area contributed by atoms with Crippen molar-refractivity contribution in [3.05, 3.63) is 34.9 Å². The first-order valence-electron chi connectivity index (χ1n) is 8.50. The topological polar surface area (TPSA) is 73.3 Å². The van der Waals surface area contributed by atoms with Crippen molar-refractivity contribution >= 4 is 23.5 Å². The molecule has 1 fully saturated rings. The monoisotopic (exact) mass is 383 g/mol. The molecule has 1 heterocycles. The molecule has 26 heavy (non-hydrogen) atoms. The summed E-state index contributed by atoms with van der Waals surface area (Å²) in [5.74, 6) is -0.892. The Morgan fingerprint density at radius 3 is 2.73 bits per heavy atom. The standard InChI is InChI=1S/C18H26ClN3O4/c1-20(2)17(13-5-4-6-14(19)9-13)18(25)22-7-8-26-15(11-22)10-21(3)12-16(23)24/h4-6,9,15,17H,7-8,10-12H2,1-3H3,(H,23,24). The molecule has 2 rings (SSSR count).